The molecule has 2 heterocycles. The number of benzene rings is 2. The first-order valence-electron chi connectivity index (χ1n) is 12.1. The standard InChI is InChI=1S/C19H21N3O2.C10H16N2/c1-13-9-20-21(10-13)11-16-4-6-17(7-5-16)12-22-14(2)8-18(15(22)3)19(23)24;1-7-3-9(5-11)4-8(2)10(7)6-12/h4-10H,11-12H2,1-3H3,(H,23,24);3-4H,5-6,11-12H2,1-2H3. The summed E-state index contributed by atoms with van der Waals surface area (Å²) >= 11 is 0. The van der Waals surface area contributed by atoms with Gasteiger partial charge in [-0.25, -0.2) is 4.79 Å². The molecular formula is C29H37N5O2. The first kappa shape index (κ1) is 26.9. The minimum absolute atomic E-state index is 0.373. The average Bonchev–Trinajstić information content (AvgIpc) is 3.37. The maximum Gasteiger partial charge on any atom is 0.337 e. The molecule has 2 aromatic carbocycles. The third-order valence-corrected chi connectivity index (χ3v) is 6.47. The third kappa shape index (κ3) is 6.50. The first-order chi connectivity index (χ1) is 17.1. The Bertz CT molecular complexity index is 1310. The Morgan fingerprint density at radius 1 is 0.861 bits per heavy atom. The first-order valence-corrected chi connectivity index (χ1v) is 12.1. The molecule has 4 aromatic rings. The number of hydrogen-bond donors (Lipinski definition) is 3. The van der Waals surface area contributed by atoms with E-state index in [9.17, 15) is 9.90 Å². The molecule has 0 fully saturated rings. The van der Waals surface area contributed by atoms with Gasteiger partial charge in [0.05, 0.1) is 18.3 Å². The van der Waals surface area contributed by atoms with Crippen molar-refractivity contribution in [3.05, 3.63) is 111 Å². The van der Waals surface area contributed by atoms with Crippen LogP contribution in [0.2, 0.25) is 0 Å². The number of carboxylic acids is 1. The van der Waals surface area contributed by atoms with Crippen LogP contribution in [0.25, 0.3) is 0 Å². The van der Waals surface area contributed by atoms with Crippen molar-refractivity contribution in [1.82, 2.24) is 14.3 Å². The van der Waals surface area contributed by atoms with Crippen molar-refractivity contribution in [2.75, 3.05) is 0 Å². The lowest BCUT2D eigenvalue weighted by atomic mass is 9.99. The highest BCUT2D eigenvalue weighted by Gasteiger charge is 2.14. The molecular weight excluding hydrogens is 450 g/mol. The highest BCUT2D eigenvalue weighted by molar-refractivity contribution is 5.89. The Labute approximate surface area is 213 Å². The fraction of sp³-hybridized carbons (Fsp3) is 0.310. The molecule has 36 heavy (non-hydrogen) atoms. The number of carbonyl (C=O) groups is 1. The largest absolute Gasteiger partial charge is 0.478 e. The van der Waals surface area contributed by atoms with Gasteiger partial charge in [-0.1, -0.05) is 36.4 Å². The molecule has 0 spiro atoms. The molecule has 0 aliphatic heterocycles. The Hall–Kier alpha value is -3.68. The van der Waals surface area contributed by atoms with Crippen LogP contribution in [0, 0.1) is 34.6 Å². The van der Waals surface area contributed by atoms with E-state index in [0.717, 1.165) is 29.1 Å². The fourth-order valence-corrected chi connectivity index (χ4v) is 4.46. The predicted molar refractivity (Wildman–Crippen MR) is 144 cm³/mol. The van der Waals surface area contributed by atoms with Gasteiger partial charge in [0.25, 0.3) is 0 Å². The number of nitrogens with two attached hydrogens (primary N) is 2. The van der Waals surface area contributed by atoms with Crippen molar-refractivity contribution in [2.24, 2.45) is 11.5 Å². The predicted octanol–water partition coefficient (Wildman–Crippen LogP) is 4.63. The van der Waals surface area contributed by atoms with Crippen molar-refractivity contribution in [1.29, 1.82) is 0 Å². The van der Waals surface area contributed by atoms with E-state index < -0.39 is 5.97 Å². The molecule has 190 valence electrons. The number of aromatic nitrogens is 3. The highest BCUT2D eigenvalue weighted by Crippen LogP contribution is 2.18. The van der Waals surface area contributed by atoms with Crippen molar-refractivity contribution in [3.63, 3.8) is 0 Å². The number of aryl methyl sites for hydroxylation is 4. The number of carboxylic acid groups (broad SMARTS) is 1. The molecule has 0 saturated carbocycles. The van der Waals surface area contributed by atoms with Crippen molar-refractivity contribution in [3.8, 4) is 0 Å². The van der Waals surface area contributed by atoms with Crippen LogP contribution in [0.3, 0.4) is 0 Å². The molecule has 0 saturated heterocycles. The van der Waals surface area contributed by atoms with Crippen LogP contribution in [0.5, 0.6) is 0 Å². The van der Waals surface area contributed by atoms with Crippen molar-refractivity contribution < 1.29 is 9.90 Å². The van der Waals surface area contributed by atoms with Gasteiger partial charge in [-0.2, -0.15) is 5.10 Å². The van der Waals surface area contributed by atoms with Gasteiger partial charge in [-0.15, -0.1) is 0 Å². The lowest BCUT2D eigenvalue weighted by Gasteiger charge is -2.10. The zero-order chi connectivity index (χ0) is 26.4. The number of nitrogens with zero attached hydrogens (tertiary/aromatic N) is 3. The van der Waals surface area contributed by atoms with E-state index >= 15 is 0 Å². The fourth-order valence-electron chi connectivity index (χ4n) is 4.46. The Morgan fingerprint density at radius 3 is 1.89 bits per heavy atom. The molecule has 2 aromatic heterocycles. The molecule has 4 rings (SSSR count). The van der Waals surface area contributed by atoms with E-state index in [1.54, 1.807) is 6.07 Å². The monoisotopic (exact) mass is 487 g/mol. The molecule has 0 radical (unpaired) electrons. The maximum absolute atomic E-state index is 11.2. The summed E-state index contributed by atoms with van der Waals surface area (Å²) in [5.74, 6) is -0.876. The molecule has 7 heteroatoms. The summed E-state index contributed by atoms with van der Waals surface area (Å²) in [6, 6.07) is 14.3. The van der Waals surface area contributed by atoms with Gasteiger partial charge in [0, 0.05) is 37.2 Å². The summed E-state index contributed by atoms with van der Waals surface area (Å²) in [4.78, 5) is 11.2. The lowest BCUT2D eigenvalue weighted by molar-refractivity contribution is 0.0696. The van der Waals surface area contributed by atoms with Crippen LogP contribution in [-0.4, -0.2) is 25.4 Å². The summed E-state index contributed by atoms with van der Waals surface area (Å²) < 4.78 is 3.96. The molecule has 5 N–H and O–H groups in total. The smallest absolute Gasteiger partial charge is 0.337 e. The Morgan fingerprint density at radius 2 is 1.44 bits per heavy atom. The van der Waals surface area contributed by atoms with E-state index in [1.165, 1.54) is 27.8 Å². The van der Waals surface area contributed by atoms with Crippen LogP contribution in [0.15, 0.2) is 54.9 Å². The minimum atomic E-state index is -0.876. The zero-order valence-electron chi connectivity index (χ0n) is 21.9. The number of rotatable bonds is 7. The summed E-state index contributed by atoms with van der Waals surface area (Å²) in [5.41, 5.74) is 21.7. The van der Waals surface area contributed by atoms with E-state index in [4.69, 9.17) is 11.5 Å². The van der Waals surface area contributed by atoms with Crippen LogP contribution in [0.4, 0.5) is 0 Å². The molecule has 0 unspecified atom stereocenters. The van der Waals surface area contributed by atoms with Crippen LogP contribution >= 0.6 is 0 Å². The zero-order valence-corrected chi connectivity index (χ0v) is 21.9. The Kier molecular flexibility index (Phi) is 8.85. The summed E-state index contributed by atoms with van der Waals surface area (Å²) in [5, 5.41) is 13.5. The Balaban J connectivity index is 0.000000253. The van der Waals surface area contributed by atoms with Crippen LogP contribution in [-0.2, 0) is 26.2 Å². The second kappa shape index (κ2) is 11.8. The van der Waals surface area contributed by atoms with E-state index in [-0.39, 0.29) is 0 Å². The van der Waals surface area contributed by atoms with Crippen molar-refractivity contribution >= 4 is 5.97 Å². The minimum Gasteiger partial charge on any atom is -0.478 e. The van der Waals surface area contributed by atoms with Crippen molar-refractivity contribution in [2.45, 2.75) is 60.8 Å². The third-order valence-electron chi connectivity index (χ3n) is 6.47. The molecule has 0 aliphatic carbocycles. The van der Waals surface area contributed by atoms with E-state index in [1.807, 2.05) is 42.4 Å². The highest BCUT2D eigenvalue weighted by atomic mass is 16.4. The number of hydrogen-bond acceptors (Lipinski definition) is 4. The van der Waals surface area contributed by atoms with Gasteiger partial charge in [0.1, 0.15) is 0 Å². The molecule has 0 bridgehead atoms. The quantitative estimate of drug-likeness (QED) is 0.352. The van der Waals surface area contributed by atoms with Gasteiger partial charge in [0.2, 0.25) is 0 Å². The van der Waals surface area contributed by atoms with Gasteiger partial charge >= 0.3 is 5.97 Å². The summed E-state index contributed by atoms with van der Waals surface area (Å²) in [7, 11) is 0. The van der Waals surface area contributed by atoms with E-state index in [0.29, 0.717) is 25.2 Å². The summed E-state index contributed by atoms with van der Waals surface area (Å²) in [6.45, 7) is 12.6. The summed E-state index contributed by atoms with van der Waals surface area (Å²) in [6.07, 6.45) is 3.87. The average molecular weight is 488 g/mol. The molecule has 0 atom stereocenters. The second-order valence-electron chi connectivity index (χ2n) is 9.32. The van der Waals surface area contributed by atoms with Crippen LogP contribution < -0.4 is 11.5 Å². The van der Waals surface area contributed by atoms with Gasteiger partial charge in [0.15, 0.2) is 0 Å². The van der Waals surface area contributed by atoms with E-state index in [2.05, 4.69) is 55.3 Å². The molecule has 0 aliphatic rings. The topological polar surface area (TPSA) is 112 Å². The van der Waals surface area contributed by atoms with Gasteiger partial charge in [-0.3, -0.25) is 4.68 Å². The maximum atomic E-state index is 11.2. The second-order valence-corrected chi connectivity index (χ2v) is 9.32. The molecule has 0 amide bonds. The lowest BCUT2D eigenvalue weighted by Crippen LogP contribution is -2.06. The van der Waals surface area contributed by atoms with Crippen LogP contribution in [0.1, 0.15) is 60.7 Å². The van der Waals surface area contributed by atoms with Gasteiger partial charge < -0.3 is 21.1 Å². The SMILES string of the molecule is Cc1cc(CN)cc(C)c1CN.Cc1cnn(Cc2ccc(Cn3c(C)cc(C(=O)O)c3C)cc2)c1. The molecule has 7 nitrogen and oxygen atoms in total. The number of aromatic carboxylic acids is 1. The normalized spacial score (nSPS) is 10.8. The van der Waals surface area contributed by atoms with Gasteiger partial charge in [-0.05, 0) is 79.6 Å².